The van der Waals surface area contributed by atoms with Gasteiger partial charge in [-0.05, 0) is 25.0 Å². The Morgan fingerprint density at radius 2 is 2.00 bits per heavy atom. The smallest absolute Gasteiger partial charge is 0.323 e. The number of rotatable bonds is 4. The van der Waals surface area contributed by atoms with E-state index in [4.69, 9.17) is 14.5 Å². The summed E-state index contributed by atoms with van der Waals surface area (Å²) in [4.78, 5) is 27.4. The summed E-state index contributed by atoms with van der Waals surface area (Å²) in [6, 6.07) is 2.29. The molecular formula is C19H28N6O3. The number of anilines is 1. The highest BCUT2D eigenvalue weighted by atomic mass is 16.5. The van der Waals surface area contributed by atoms with Crippen LogP contribution in [0.4, 0.5) is 10.7 Å². The lowest BCUT2D eigenvalue weighted by molar-refractivity contribution is 0.0114. The molecule has 2 amide bonds. The molecule has 28 heavy (non-hydrogen) atoms. The van der Waals surface area contributed by atoms with E-state index in [-0.39, 0.29) is 6.03 Å². The molecule has 3 saturated heterocycles. The van der Waals surface area contributed by atoms with Crippen LogP contribution < -0.4 is 10.2 Å². The Morgan fingerprint density at radius 3 is 2.71 bits per heavy atom. The number of carbonyl (C=O) groups excluding carboxylic acids is 1. The summed E-state index contributed by atoms with van der Waals surface area (Å²) in [6.07, 6.45) is 5.41. The molecule has 3 aliphatic heterocycles. The summed E-state index contributed by atoms with van der Waals surface area (Å²) in [5, 5.41) is 2.77. The normalized spacial score (nSPS) is 26.1. The van der Waals surface area contributed by atoms with E-state index in [2.05, 4.69) is 20.1 Å². The van der Waals surface area contributed by atoms with E-state index in [1.165, 1.54) is 0 Å². The largest absolute Gasteiger partial charge is 0.379 e. The number of hydrogen-bond acceptors (Lipinski definition) is 7. The minimum atomic E-state index is -0.458. The van der Waals surface area contributed by atoms with Gasteiger partial charge in [-0.25, -0.2) is 14.8 Å². The number of amides is 2. The van der Waals surface area contributed by atoms with Crippen molar-refractivity contribution in [1.82, 2.24) is 25.1 Å². The molecule has 0 aliphatic carbocycles. The van der Waals surface area contributed by atoms with Gasteiger partial charge in [0.15, 0.2) is 6.23 Å². The minimum Gasteiger partial charge on any atom is -0.379 e. The first-order valence-corrected chi connectivity index (χ1v) is 9.84. The van der Waals surface area contributed by atoms with Crippen molar-refractivity contribution in [3.63, 3.8) is 0 Å². The quantitative estimate of drug-likeness (QED) is 0.815. The Bertz CT molecular complexity index is 728. The average molecular weight is 388 g/mol. The number of likely N-dealkylation sites (N-methyl/N-ethyl adjacent to an activating group) is 1. The first kappa shape index (κ1) is 19.1. The lowest BCUT2D eigenvalue weighted by atomic mass is 10.0. The van der Waals surface area contributed by atoms with E-state index in [1.807, 2.05) is 12.1 Å². The van der Waals surface area contributed by atoms with Gasteiger partial charge in [0.2, 0.25) is 5.95 Å². The first-order chi connectivity index (χ1) is 13.7. The van der Waals surface area contributed by atoms with Gasteiger partial charge in [-0.3, -0.25) is 9.80 Å². The molecule has 4 rings (SSSR count). The number of methoxy groups -OCH3 is 1. The zero-order valence-corrected chi connectivity index (χ0v) is 16.5. The molecule has 3 fully saturated rings. The van der Waals surface area contributed by atoms with Crippen LogP contribution in [0.5, 0.6) is 0 Å². The van der Waals surface area contributed by atoms with Crippen LogP contribution in [0.2, 0.25) is 0 Å². The van der Waals surface area contributed by atoms with Gasteiger partial charge in [0.1, 0.15) is 0 Å². The van der Waals surface area contributed by atoms with Crippen molar-refractivity contribution in [2.75, 3.05) is 58.5 Å². The summed E-state index contributed by atoms with van der Waals surface area (Å²) in [7, 11) is 3.29. The third kappa shape index (κ3) is 3.96. The summed E-state index contributed by atoms with van der Waals surface area (Å²) >= 11 is 0. The van der Waals surface area contributed by atoms with E-state index < -0.39 is 6.23 Å². The Hall–Kier alpha value is -2.23. The molecule has 9 nitrogen and oxygen atoms in total. The van der Waals surface area contributed by atoms with Crippen LogP contribution in [-0.2, 0) is 9.47 Å². The van der Waals surface area contributed by atoms with Crippen LogP contribution >= 0.6 is 0 Å². The lowest BCUT2D eigenvalue weighted by Crippen LogP contribution is -2.49. The van der Waals surface area contributed by atoms with Crippen molar-refractivity contribution in [2.45, 2.75) is 25.1 Å². The van der Waals surface area contributed by atoms with E-state index in [1.54, 1.807) is 25.3 Å². The number of hydrogen-bond donors (Lipinski definition) is 1. The summed E-state index contributed by atoms with van der Waals surface area (Å²) in [5.74, 6) is 0.740. The Kier molecular flexibility index (Phi) is 5.74. The number of nitrogens with zero attached hydrogens (tertiary/aromatic N) is 5. The second-order valence-electron chi connectivity index (χ2n) is 7.34. The van der Waals surface area contributed by atoms with Crippen LogP contribution in [0.1, 0.15) is 18.5 Å². The topological polar surface area (TPSA) is 83.1 Å². The van der Waals surface area contributed by atoms with Crippen LogP contribution in [0.3, 0.4) is 0 Å². The van der Waals surface area contributed by atoms with E-state index in [9.17, 15) is 4.79 Å². The maximum absolute atomic E-state index is 11.9. The Labute approximate surface area is 165 Å². The highest BCUT2D eigenvalue weighted by Gasteiger charge is 2.32. The fraction of sp³-hybridized carbons (Fsp3) is 0.632. The molecule has 0 spiro atoms. The molecule has 9 heteroatoms. The molecule has 3 aliphatic rings. The van der Waals surface area contributed by atoms with Crippen LogP contribution in [0, 0.1) is 0 Å². The number of urea groups is 1. The number of piperidine rings is 1. The summed E-state index contributed by atoms with van der Waals surface area (Å²) in [6.45, 7) is 5.64. The molecule has 0 bridgehead atoms. The molecule has 0 aromatic carbocycles. The standard InChI is InChI=1S/C19H28N6O3/c1-23-16(17(27-2)22-19(23)26)13-14-3-6-20-18(21-14)25-7-4-15(5-8-25)24-9-11-28-12-10-24/h3,6,13,15,17H,4-5,7-12H2,1-2H3,(H,22,26)/b16-13-. The third-order valence-corrected chi connectivity index (χ3v) is 5.72. The maximum Gasteiger partial charge on any atom is 0.323 e. The van der Waals surface area contributed by atoms with Crippen molar-refractivity contribution in [2.24, 2.45) is 0 Å². The number of carbonyl (C=O) groups is 1. The van der Waals surface area contributed by atoms with Crippen molar-refractivity contribution in [3.05, 3.63) is 23.7 Å². The number of morpholine rings is 1. The van der Waals surface area contributed by atoms with Crippen LogP contribution in [0.25, 0.3) is 6.08 Å². The molecule has 152 valence electrons. The zero-order chi connectivity index (χ0) is 19.5. The minimum absolute atomic E-state index is 0.183. The van der Waals surface area contributed by atoms with Gasteiger partial charge in [0.25, 0.3) is 0 Å². The van der Waals surface area contributed by atoms with Crippen molar-refractivity contribution < 1.29 is 14.3 Å². The molecule has 1 N–H and O–H groups in total. The van der Waals surface area contributed by atoms with Gasteiger partial charge in [-0.2, -0.15) is 0 Å². The first-order valence-electron chi connectivity index (χ1n) is 9.84. The second kappa shape index (κ2) is 8.42. The SMILES string of the molecule is COC1NC(=O)N(C)/C1=C\c1ccnc(N2CCC(N3CCOCC3)CC2)n1. The molecule has 1 aromatic rings. The molecule has 4 heterocycles. The van der Waals surface area contributed by atoms with Crippen LogP contribution in [-0.4, -0.2) is 91.6 Å². The van der Waals surface area contributed by atoms with E-state index >= 15 is 0 Å². The van der Waals surface area contributed by atoms with Gasteiger partial charge in [0.05, 0.1) is 24.6 Å². The molecule has 0 saturated carbocycles. The van der Waals surface area contributed by atoms with Gasteiger partial charge < -0.3 is 19.7 Å². The highest BCUT2D eigenvalue weighted by Crippen LogP contribution is 2.23. The molecular weight excluding hydrogens is 360 g/mol. The summed E-state index contributed by atoms with van der Waals surface area (Å²) in [5.41, 5.74) is 1.50. The molecule has 1 unspecified atom stereocenters. The van der Waals surface area contributed by atoms with Gasteiger partial charge in [-0.1, -0.05) is 0 Å². The van der Waals surface area contributed by atoms with Crippen molar-refractivity contribution >= 4 is 18.1 Å². The van der Waals surface area contributed by atoms with E-state index in [0.717, 1.165) is 69.6 Å². The van der Waals surface area contributed by atoms with Gasteiger partial charge in [0, 0.05) is 52.6 Å². The molecule has 1 atom stereocenters. The fourth-order valence-corrected chi connectivity index (χ4v) is 4.05. The van der Waals surface area contributed by atoms with Crippen molar-refractivity contribution in [3.8, 4) is 0 Å². The Morgan fingerprint density at radius 1 is 1.25 bits per heavy atom. The van der Waals surface area contributed by atoms with Gasteiger partial charge in [-0.15, -0.1) is 0 Å². The van der Waals surface area contributed by atoms with Gasteiger partial charge >= 0.3 is 6.03 Å². The zero-order valence-electron chi connectivity index (χ0n) is 16.5. The number of nitrogens with one attached hydrogen (secondary N) is 1. The predicted molar refractivity (Wildman–Crippen MR) is 105 cm³/mol. The fourth-order valence-electron chi connectivity index (χ4n) is 4.05. The molecule has 1 aromatic heterocycles. The predicted octanol–water partition coefficient (Wildman–Crippen LogP) is 0.746. The third-order valence-electron chi connectivity index (χ3n) is 5.72. The highest BCUT2D eigenvalue weighted by molar-refractivity contribution is 5.81. The van der Waals surface area contributed by atoms with Crippen molar-refractivity contribution in [1.29, 1.82) is 0 Å². The number of aromatic nitrogens is 2. The average Bonchev–Trinajstić information content (AvgIpc) is 3.02. The molecule has 0 radical (unpaired) electrons. The lowest BCUT2D eigenvalue weighted by Gasteiger charge is -2.40. The second-order valence-corrected chi connectivity index (χ2v) is 7.34. The van der Waals surface area contributed by atoms with E-state index in [0.29, 0.717) is 6.04 Å². The summed E-state index contributed by atoms with van der Waals surface area (Å²) < 4.78 is 10.8. The Balaban J connectivity index is 1.43. The van der Waals surface area contributed by atoms with Crippen LogP contribution in [0.15, 0.2) is 18.0 Å². The number of ether oxygens (including phenoxy) is 2. The maximum atomic E-state index is 11.9. The monoisotopic (exact) mass is 388 g/mol.